The highest BCUT2D eigenvalue weighted by Gasteiger charge is 2.24. The second-order valence-corrected chi connectivity index (χ2v) is 4.83. The van der Waals surface area contributed by atoms with Crippen LogP contribution in [0.4, 0.5) is 5.69 Å². The van der Waals surface area contributed by atoms with Crippen molar-refractivity contribution in [3.05, 3.63) is 65.7 Å². The van der Waals surface area contributed by atoms with E-state index in [1.54, 1.807) is 0 Å². The predicted octanol–water partition coefficient (Wildman–Crippen LogP) is 3.81. The molecule has 0 N–H and O–H groups in total. The zero-order valence-corrected chi connectivity index (χ0v) is 10.1. The number of anilines is 1. The number of hydrogen-bond donors (Lipinski definition) is 0. The molecule has 1 heterocycles. The Morgan fingerprint density at radius 1 is 1.00 bits per heavy atom. The summed E-state index contributed by atoms with van der Waals surface area (Å²) in [7, 11) is 0. The summed E-state index contributed by atoms with van der Waals surface area (Å²) in [5, 5.41) is 0. The maximum atomic E-state index is 2.48. The van der Waals surface area contributed by atoms with Gasteiger partial charge in [0.25, 0.3) is 0 Å². The van der Waals surface area contributed by atoms with Crippen LogP contribution in [0.1, 0.15) is 24.0 Å². The molecule has 0 fully saturated rings. The summed E-state index contributed by atoms with van der Waals surface area (Å²) in [6, 6.07) is 19.5. The maximum absolute atomic E-state index is 2.48. The van der Waals surface area contributed by atoms with Gasteiger partial charge in [-0.05, 0) is 17.2 Å². The van der Waals surface area contributed by atoms with Gasteiger partial charge in [-0.2, -0.15) is 0 Å². The van der Waals surface area contributed by atoms with E-state index in [0.29, 0.717) is 5.92 Å². The van der Waals surface area contributed by atoms with Crippen LogP contribution < -0.4 is 4.90 Å². The molecule has 3 rings (SSSR count). The first-order valence-corrected chi connectivity index (χ1v) is 6.22. The lowest BCUT2D eigenvalue weighted by Crippen LogP contribution is -2.20. The number of benzene rings is 2. The Balaban J connectivity index is 1.87. The van der Waals surface area contributed by atoms with E-state index in [2.05, 4.69) is 66.4 Å². The largest absolute Gasteiger partial charge is 0.366 e. The van der Waals surface area contributed by atoms with E-state index < -0.39 is 0 Å². The molecular formula is C16H17N. The lowest BCUT2D eigenvalue weighted by atomic mass is 10.0. The van der Waals surface area contributed by atoms with Gasteiger partial charge >= 0.3 is 0 Å². The molecule has 2 aromatic carbocycles. The van der Waals surface area contributed by atoms with Gasteiger partial charge in [-0.1, -0.05) is 55.5 Å². The summed E-state index contributed by atoms with van der Waals surface area (Å²) < 4.78 is 0. The van der Waals surface area contributed by atoms with Gasteiger partial charge in [0.05, 0.1) is 0 Å². The zero-order valence-electron chi connectivity index (χ0n) is 10.1. The van der Waals surface area contributed by atoms with Crippen LogP contribution in [0.25, 0.3) is 0 Å². The summed E-state index contributed by atoms with van der Waals surface area (Å²) in [5.74, 6) is 0.648. The lowest BCUT2D eigenvalue weighted by molar-refractivity contribution is 0.746. The van der Waals surface area contributed by atoms with Crippen LogP contribution in [0.15, 0.2) is 54.6 Å². The molecule has 0 saturated carbocycles. The Labute approximate surface area is 103 Å². The van der Waals surface area contributed by atoms with E-state index in [9.17, 15) is 0 Å². The fraction of sp³-hybridized carbons (Fsp3) is 0.250. The number of para-hydroxylation sites is 1. The van der Waals surface area contributed by atoms with E-state index >= 15 is 0 Å². The van der Waals surface area contributed by atoms with E-state index in [-0.39, 0.29) is 0 Å². The highest BCUT2D eigenvalue weighted by atomic mass is 15.1. The van der Waals surface area contributed by atoms with Gasteiger partial charge in [-0.3, -0.25) is 0 Å². The zero-order chi connectivity index (χ0) is 11.7. The van der Waals surface area contributed by atoms with Gasteiger partial charge in [0.15, 0.2) is 0 Å². The van der Waals surface area contributed by atoms with Crippen LogP contribution in [-0.2, 0) is 6.54 Å². The first kappa shape index (κ1) is 10.4. The summed E-state index contributed by atoms with van der Waals surface area (Å²) in [5.41, 5.74) is 4.28. The van der Waals surface area contributed by atoms with Crippen LogP contribution in [0.3, 0.4) is 0 Å². The lowest BCUT2D eigenvalue weighted by Gasteiger charge is -2.19. The predicted molar refractivity (Wildman–Crippen MR) is 72.3 cm³/mol. The van der Waals surface area contributed by atoms with E-state index in [1.807, 2.05) is 0 Å². The highest BCUT2D eigenvalue weighted by molar-refractivity contribution is 5.60. The van der Waals surface area contributed by atoms with Crippen LogP contribution in [0.5, 0.6) is 0 Å². The van der Waals surface area contributed by atoms with Gasteiger partial charge in [0, 0.05) is 24.7 Å². The van der Waals surface area contributed by atoms with Crippen LogP contribution in [0.2, 0.25) is 0 Å². The third kappa shape index (κ3) is 1.93. The van der Waals surface area contributed by atoms with E-state index in [4.69, 9.17) is 0 Å². The smallest absolute Gasteiger partial charge is 0.0429 e. The number of rotatable bonds is 2. The molecule has 0 saturated heterocycles. The van der Waals surface area contributed by atoms with Crippen molar-refractivity contribution in [3.63, 3.8) is 0 Å². The van der Waals surface area contributed by atoms with Crippen molar-refractivity contribution < 1.29 is 0 Å². The number of nitrogens with zero attached hydrogens (tertiary/aromatic N) is 1. The molecular weight excluding hydrogens is 206 g/mol. The molecule has 1 atom stereocenters. The quantitative estimate of drug-likeness (QED) is 0.748. The molecule has 1 unspecified atom stereocenters. The average Bonchev–Trinajstić information content (AvgIpc) is 2.69. The standard InChI is InChI=1S/C16H17N/c1-13-11-17(12-14-7-3-2-4-8-14)16-10-6-5-9-15(13)16/h2-10,13H,11-12H2,1H3. The van der Waals surface area contributed by atoms with Gasteiger partial charge in [-0.15, -0.1) is 0 Å². The molecule has 0 aromatic heterocycles. The summed E-state index contributed by atoms with van der Waals surface area (Å²) in [4.78, 5) is 2.48. The van der Waals surface area contributed by atoms with Gasteiger partial charge < -0.3 is 4.90 Å². The van der Waals surface area contributed by atoms with Crippen molar-refractivity contribution in [3.8, 4) is 0 Å². The Bertz CT molecular complexity index is 504. The van der Waals surface area contributed by atoms with E-state index in [1.165, 1.54) is 16.8 Å². The third-order valence-electron chi connectivity index (χ3n) is 3.52. The molecule has 1 aliphatic rings. The Morgan fingerprint density at radius 2 is 1.71 bits per heavy atom. The molecule has 1 aliphatic heterocycles. The molecule has 86 valence electrons. The SMILES string of the molecule is CC1CN(Cc2ccccc2)c2ccccc21. The van der Waals surface area contributed by atoms with Crippen molar-refractivity contribution in [2.45, 2.75) is 19.4 Å². The first-order valence-electron chi connectivity index (χ1n) is 6.22. The molecule has 1 nitrogen and oxygen atoms in total. The molecule has 0 bridgehead atoms. The van der Waals surface area contributed by atoms with Crippen LogP contribution in [-0.4, -0.2) is 6.54 Å². The Morgan fingerprint density at radius 3 is 2.53 bits per heavy atom. The Hall–Kier alpha value is -1.76. The molecule has 1 heteroatoms. The topological polar surface area (TPSA) is 3.24 Å². The maximum Gasteiger partial charge on any atom is 0.0429 e. The minimum Gasteiger partial charge on any atom is -0.366 e. The average molecular weight is 223 g/mol. The van der Waals surface area contributed by atoms with Gasteiger partial charge in [0.1, 0.15) is 0 Å². The van der Waals surface area contributed by atoms with Gasteiger partial charge in [-0.25, -0.2) is 0 Å². The first-order chi connectivity index (χ1) is 8.34. The number of hydrogen-bond acceptors (Lipinski definition) is 1. The summed E-state index contributed by atoms with van der Waals surface area (Å²) in [6.45, 7) is 4.46. The van der Waals surface area contributed by atoms with Gasteiger partial charge in [0.2, 0.25) is 0 Å². The van der Waals surface area contributed by atoms with Crippen molar-refractivity contribution >= 4 is 5.69 Å². The van der Waals surface area contributed by atoms with Crippen molar-refractivity contribution in [2.24, 2.45) is 0 Å². The monoisotopic (exact) mass is 223 g/mol. The summed E-state index contributed by atoms with van der Waals surface area (Å²) in [6.07, 6.45) is 0. The Kier molecular flexibility index (Phi) is 2.60. The van der Waals surface area contributed by atoms with Crippen LogP contribution in [0, 0.1) is 0 Å². The normalized spacial score (nSPS) is 18.2. The van der Waals surface area contributed by atoms with E-state index in [0.717, 1.165) is 13.1 Å². The molecule has 0 aliphatic carbocycles. The molecule has 2 aromatic rings. The van der Waals surface area contributed by atoms with Crippen LogP contribution >= 0.6 is 0 Å². The number of fused-ring (bicyclic) bond motifs is 1. The minimum absolute atomic E-state index is 0.648. The summed E-state index contributed by atoms with van der Waals surface area (Å²) >= 11 is 0. The van der Waals surface area contributed by atoms with Crippen molar-refractivity contribution in [1.29, 1.82) is 0 Å². The molecule has 17 heavy (non-hydrogen) atoms. The third-order valence-corrected chi connectivity index (χ3v) is 3.52. The second kappa shape index (κ2) is 4.25. The van der Waals surface area contributed by atoms with Crippen molar-refractivity contribution in [1.82, 2.24) is 0 Å². The van der Waals surface area contributed by atoms with Crippen molar-refractivity contribution in [2.75, 3.05) is 11.4 Å². The molecule has 0 amide bonds. The fourth-order valence-corrected chi connectivity index (χ4v) is 2.67. The highest BCUT2D eigenvalue weighted by Crippen LogP contribution is 2.36. The minimum atomic E-state index is 0.648. The molecule has 0 radical (unpaired) electrons. The second-order valence-electron chi connectivity index (χ2n) is 4.83. The molecule has 0 spiro atoms. The fourth-order valence-electron chi connectivity index (χ4n) is 2.67.